The molecule has 1 fully saturated rings. The number of likely N-dealkylation sites (tertiary alicyclic amines) is 1. The minimum atomic E-state index is -0.295. The average molecular weight is 525 g/mol. The Kier molecular flexibility index (Phi) is 5.63. The number of fused-ring (bicyclic) bond motifs is 1. The van der Waals surface area contributed by atoms with Crippen LogP contribution in [0.15, 0.2) is 53.4 Å². The van der Waals surface area contributed by atoms with E-state index in [0.29, 0.717) is 30.0 Å². The van der Waals surface area contributed by atoms with E-state index in [1.807, 2.05) is 37.5 Å². The fourth-order valence-electron chi connectivity index (χ4n) is 3.99. The monoisotopic (exact) mass is 524 g/mol. The third kappa shape index (κ3) is 4.36. The summed E-state index contributed by atoms with van der Waals surface area (Å²) in [5, 5.41) is 8.21. The van der Waals surface area contributed by atoms with Crippen LogP contribution in [0.3, 0.4) is 0 Å². The first-order valence-corrected chi connectivity index (χ1v) is 12.0. The van der Waals surface area contributed by atoms with Crippen molar-refractivity contribution in [3.8, 4) is 11.1 Å². The average Bonchev–Trinajstić information content (AvgIpc) is 3.53. The highest BCUT2D eigenvalue weighted by molar-refractivity contribution is 9.10. The van der Waals surface area contributed by atoms with Gasteiger partial charge in [-0.2, -0.15) is 5.10 Å². The van der Waals surface area contributed by atoms with E-state index in [1.165, 1.54) is 11.3 Å². The van der Waals surface area contributed by atoms with Crippen LogP contribution in [0, 0.1) is 0 Å². The van der Waals surface area contributed by atoms with Gasteiger partial charge in [0, 0.05) is 58.9 Å². The Morgan fingerprint density at radius 1 is 1.21 bits per heavy atom. The highest BCUT2D eigenvalue weighted by Crippen LogP contribution is 2.30. The highest BCUT2D eigenvalue weighted by Gasteiger charge is 2.29. The van der Waals surface area contributed by atoms with E-state index in [4.69, 9.17) is 5.73 Å². The van der Waals surface area contributed by atoms with Crippen molar-refractivity contribution in [2.45, 2.75) is 12.5 Å². The molecule has 2 amide bonds. The first kappa shape index (κ1) is 21.6. The Hall–Kier alpha value is -3.24. The van der Waals surface area contributed by atoms with Gasteiger partial charge >= 0.3 is 0 Å². The lowest BCUT2D eigenvalue weighted by Crippen LogP contribution is -2.38. The number of aryl methyl sites for hydroxylation is 1. The number of nitrogens with zero attached hydrogens (tertiary/aromatic N) is 4. The third-order valence-corrected chi connectivity index (χ3v) is 7.30. The number of halogens is 1. The Bertz CT molecular complexity index is 1380. The summed E-state index contributed by atoms with van der Waals surface area (Å²) in [7, 11) is 1.83. The van der Waals surface area contributed by atoms with Crippen LogP contribution in [0.1, 0.15) is 26.5 Å². The van der Waals surface area contributed by atoms with Crippen LogP contribution < -0.4 is 11.1 Å². The molecule has 3 aromatic heterocycles. The van der Waals surface area contributed by atoms with Gasteiger partial charge in [-0.25, -0.2) is 4.98 Å². The van der Waals surface area contributed by atoms with E-state index in [-0.39, 0.29) is 23.7 Å². The number of nitrogen functional groups attached to an aromatic ring is 1. The van der Waals surface area contributed by atoms with E-state index in [0.717, 1.165) is 25.7 Å². The number of hydrogen-bond acceptors (Lipinski definition) is 6. The largest absolute Gasteiger partial charge is 0.383 e. The summed E-state index contributed by atoms with van der Waals surface area (Å²) in [5.41, 5.74) is 7.92. The summed E-state index contributed by atoms with van der Waals surface area (Å²) < 4.78 is 3.74. The first-order valence-electron chi connectivity index (χ1n) is 10.4. The number of anilines is 1. The molecule has 0 spiro atoms. The SMILES string of the molecule is Cn1cc(-c2cnc(N)c(C(=O)N[C@@H]3CCN(C(=O)c4cc5cc(Br)ccc5s4)C3)c2)cn1. The molecule has 33 heavy (non-hydrogen) atoms. The van der Waals surface area contributed by atoms with Gasteiger partial charge in [-0.05, 0) is 42.1 Å². The predicted molar refractivity (Wildman–Crippen MR) is 132 cm³/mol. The number of nitrogens with two attached hydrogens (primary N) is 1. The van der Waals surface area contributed by atoms with E-state index < -0.39 is 0 Å². The second kappa shape index (κ2) is 8.60. The molecule has 3 N–H and O–H groups in total. The van der Waals surface area contributed by atoms with Gasteiger partial charge in [0.25, 0.3) is 11.8 Å². The summed E-state index contributed by atoms with van der Waals surface area (Å²) in [6.45, 7) is 1.04. The number of carbonyl (C=O) groups excluding carboxylic acids is 2. The number of pyridine rings is 1. The van der Waals surface area contributed by atoms with Crippen molar-refractivity contribution >= 4 is 55.0 Å². The zero-order valence-electron chi connectivity index (χ0n) is 17.8. The van der Waals surface area contributed by atoms with Crippen molar-refractivity contribution in [2.75, 3.05) is 18.8 Å². The molecule has 4 heterocycles. The van der Waals surface area contributed by atoms with Crippen LogP contribution in [-0.2, 0) is 7.05 Å². The van der Waals surface area contributed by atoms with Crippen molar-refractivity contribution in [2.24, 2.45) is 7.05 Å². The summed E-state index contributed by atoms with van der Waals surface area (Å²) in [6.07, 6.45) is 5.87. The van der Waals surface area contributed by atoms with Gasteiger partial charge in [-0.15, -0.1) is 11.3 Å². The van der Waals surface area contributed by atoms with Crippen LogP contribution in [-0.4, -0.2) is 50.6 Å². The van der Waals surface area contributed by atoms with E-state index in [2.05, 4.69) is 31.3 Å². The smallest absolute Gasteiger partial charge is 0.264 e. The summed E-state index contributed by atoms with van der Waals surface area (Å²) in [6, 6.07) is 9.49. The van der Waals surface area contributed by atoms with Gasteiger partial charge < -0.3 is 16.0 Å². The van der Waals surface area contributed by atoms with Crippen LogP contribution in [0.2, 0.25) is 0 Å². The number of thiophene rings is 1. The van der Waals surface area contributed by atoms with E-state index >= 15 is 0 Å². The molecule has 5 rings (SSSR count). The predicted octanol–water partition coefficient (Wildman–Crippen LogP) is 3.69. The molecule has 1 aromatic carbocycles. The second-order valence-electron chi connectivity index (χ2n) is 8.06. The Morgan fingerprint density at radius 3 is 2.85 bits per heavy atom. The minimum absolute atomic E-state index is 0.0103. The molecular formula is C23H21BrN6O2S. The molecule has 8 nitrogen and oxygen atoms in total. The van der Waals surface area contributed by atoms with Gasteiger partial charge in [0.05, 0.1) is 16.6 Å². The van der Waals surface area contributed by atoms with Gasteiger partial charge in [0.2, 0.25) is 0 Å². The number of nitrogens with one attached hydrogen (secondary N) is 1. The van der Waals surface area contributed by atoms with Gasteiger partial charge in [-0.3, -0.25) is 14.3 Å². The molecule has 4 aromatic rings. The van der Waals surface area contributed by atoms with Crippen molar-refractivity contribution < 1.29 is 9.59 Å². The molecule has 1 atom stereocenters. The normalized spacial score (nSPS) is 15.8. The van der Waals surface area contributed by atoms with Crippen LogP contribution in [0.5, 0.6) is 0 Å². The zero-order valence-corrected chi connectivity index (χ0v) is 20.2. The molecule has 0 radical (unpaired) electrons. The molecule has 168 valence electrons. The molecule has 0 aliphatic carbocycles. The lowest BCUT2D eigenvalue weighted by atomic mass is 10.1. The Morgan fingerprint density at radius 2 is 2.06 bits per heavy atom. The zero-order chi connectivity index (χ0) is 23.1. The van der Waals surface area contributed by atoms with Crippen molar-refractivity contribution in [1.82, 2.24) is 25.0 Å². The third-order valence-electron chi connectivity index (χ3n) is 5.70. The van der Waals surface area contributed by atoms with Crippen molar-refractivity contribution in [3.05, 3.63) is 63.8 Å². The second-order valence-corrected chi connectivity index (χ2v) is 10.1. The molecule has 10 heteroatoms. The maximum absolute atomic E-state index is 13.0. The van der Waals surface area contributed by atoms with Crippen LogP contribution in [0.4, 0.5) is 5.82 Å². The molecule has 1 aliphatic rings. The number of rotatable bonds is 4. The minimum Gasteiger partial charge on any atom is -0.383 e. The Balaban J connectivity index is 1.27. The number of benzene rings is 1. The fourth-order valence-corrected chi connectivity index (χ4v) is 5.38. The number of hydrogen-bond donors (Lipinski definition) is 2. The number of carbonyl (C=O) groups is 2. The van der Waals surface area contributed by atoms with Gasteiger partial charge in [-0.1, -0.05) is 15.9 Å². The summed E-state index contributed by atoms with van der Waals surface area (Å²) >= 11 is 4.96. The summed E-state index contributed by atoms with van der Waals surface area (Å²) in [4.78, 5) is 32.7. The maximum atomic E-state index is 13.0. The van der Waals surface area contributed by atoms with Crippen molar-refractivity contribution in [3.63, 3.8) is 0 Å². The highest BCUT2D eigenvalue weighted by atomic mass is 79.9. The maximum Gasteiger partial charge on any atom is 0.264 e. The molecule has 0 unspecified atom stereocenters. The molecule has 1 aliphatic heterocycles. The van der Waals surface area contributed by atoms with Crippen LogP contribution in [0.25, 0.3) is 21.2 Å². The molecule has 1 saturated heterocycles. The lowest BCUT2D eigenvalue weighted by molar-refractivity contribution is 0.0788. The molecule has 0 saturated carbocycles. The van der Waals surface area contributed by atoms with Crippen molar-refractivity contribution in [1.29, 1.82) is 0 Å². The molecular weight excluding hydrogens is 504 g/mol. The topological polar surface area (TPSA) is 106 Å². The van der Waals surface area contributed by atoms with Gasteiger partial charge in [0.15, 0.2) is 0 Å². The lowest BCUT2D eigenvalue weighted by Gasteiger charge is -2.17. The standard InChI is InChI=1S/C23H21BrN6O2S/c1-29-11-15(10-27-29)14-7-18(21(25)26-9-14)22(31)28-17-4-5-30(12-17)23(32)20-8-13-6-16(24)2-3-19(13)33-20/h2-3,6-11,17H,4-5,12H2,1H3,(H2,25,26)(H,28,31)/t17-/m1/s1. The fraction of sp³-hybridized carbons (Fsp3) is 0.217. The Labute approximate surface area is 202 Å². The number of amides is 2. The van der Waals surface area contributed by atoms with E-state index in [9.17, 15) is 9.59 Å². The quantitative estimate of drug-likeness (QED) is 0.423. The number of aromatic nitrogens is 3. The van der Waals surface area contributed by atoms with E-state index in [1.54, 1.807) is 28.0 Å². The van der Waals surface area contributed by atoms with Gasteiger partial charge in [0.1, 0.15) is 5.82 Å². The first-order chi connectivity index (χ1) is 15.9. The summed E-state index contributed by atoms with van der Waals surface area (Å²) in [5.74, 6) is -0.136. The molecule has 0 bridgehead atoms. The van der Waals surface area contributed by atoms with Crippen LogP contribution >= 0.6 is 27.3 Å².